The maximum Gasteiger partial charge on any atom is 0.223 e. The number of unbranched alkanes of at least 4 members (excludes halogenated alkanes) is 10. The fraction of sp³-hybridized carbons (Fsp3) is 0.875. The number of ketones is 2. The Labute approximate surface area is 177 Å². The van der Waals surface area contributed by atoms with Gasteiger partial charge < -0.3 is 10.0 Å². The predicted octanol–water partition coefficient (Wildman–Crippen LogP) is 4.84. The van der Waals surface area contributed by atoms with E-state index < -0.39 is 12.0 Å². The van der Waals surface area contributed by atoms with Crippen molar-refractivity contribution in [1.82, 2.24) is 4.90 Å². The molecule has 0 aromatic rings. The monoisotopic (exact) mass is 409 g/mol. The number of aliphatic hydroxyl groups is 1. The van der Waals surface area contributed by atoms with E-state index in [9.17, 15) is 19.5 Å². The van der Waals surface area contributed by atoms with E-state index in [1.807, 2.05) is 0 Å². The molecule has 2 atom stereocenters. The van der Waals surface area contributed by atoms with Crippen LogP contribution in [0.1, 0.15) is 110 Å². The molecule has 1 aliphatic heterocycles. The van der Waals surface area contributed by atoms with Crippen molar-refractivity contribution < 1.29 is 19.5 Å². The first kappa shape index (κ1) is 25.8. The average molecular weight is 410 g/mol. The first-order chi connectivity index (χ1) is 14.0. The lowest BCUT2D eigenvalue weighted by Crippen LogP contribution is -2.41. The lowest BCUT2D eigenvalue weighted by Gasteiger charge is -2.25. The van der Waals surface area contributed by atoms with E-state index in [1.54, 1.807) is 4.90 Å². The number of likely N-dealkylation sites (tertiary alicyclic amines) is 1. The Morgan fingerprint density at radius 3 is 2.00 bits per heavy atom. The molecular weight excluding hydrogens is 366 g/mol. The van der Waals surface area contributed by atoms with E-state index in [0.29, 0.717) is 19.4 Å². The van der Waals surface area contributed by atoms with Gasteiger partial charge in [-0.3, -0.25) is 14.4 Å². The number of carbonyl (C=O) groups is 3. The predicted molar refractivity (Wildman–Crippen MR) is 117 cm³/mol. The van der Waals surface area contributed by atoms with E-state index in [2.05, 4.69) is 6.92 Å². The highest BCUT2D eigenvalue weighted by Crippen LogP contribution is 2.23. The van der Waals surface area contributed by atoms with E-state index >= 15 is 0 Å². The van der Waals surface area contributed by atoms with Crippen LogP contribution in [0.15, 0.2) is 0 Å². The highest BCUT2D eigenvalue weighted by Gasteiger charge is 2.34. The summed E-state index contributed by atoms with van der Waals surface area (Å²) < 4.78 is 0. The van der Waals surface area contributed by atoms with Crippen LogP contribution in [-0.2, 0) is 14.4 Å². The Morgan fingerprint density at radius 2 is 1.48 bits per heavy atom. The first-order valence-corrected chi connectivity index (χ1v) is 11.9. The summed E-state index contributed by atoms with van der Waals surface area (Å²) in [6, 6.07) is -0.399. The minimum absolute atomic E-state index is 0.0404. The zero-order valence-corrected chi connectivity index (χ0v) is 18.8. The van der Waals surface area contributed by atoms with Crippen molar-refractivity contribution in [2.75, 3.05) is 13.2 Å². The summed E-state index contributed by atoms with van der Waals surface area (Å²) in [5.41, 5.74) is 0. The van der Waals surface area contributed by atoms with Crippen molar-refractivity contribution in [2.24, 2.45) is 5.92 Å². The lowest BCUT2D eigenvalue weighted by molar-refractivity contribution is -0.138. The zero-order valence-electron chi connectivity index (χ0n) is 18.8. The van der Waals surface area contributed by atoms with Gasteiger partial charge in [0.25, 0.3) is 0 Å². The van der Waals surface area contributed by atoms with Gasteiger partial charge in [0.2, 0.25) is 5.91 Å². The van der Waals surface area contributed by atoms with E-state index in [-0.39, 0.29) is 30.5 Å². The lowest BCUT2D eigenvalue weighted by atomic mass is 9.95. The van der Waals surface area contributed by atoms with Gasteiger partial charge in [-0.2, -0.15) is 0 Å². The van der Waals surface area contributed by atoms with Crippen molar-refractivity contribution in [2.45, 2.75) is 116 Å². The molecule has 1 aliphatic rings. The molecule has 5 heteroatoms. The van der Waals surface area contributed by atoms with Crippen molar-refractivity contribution in [3.63, 3.8) is 0 Å². The quantitative estimate of drug-likeness (QED) is 0.349. The first-order valence-electron chi connectivity index (χ1n) is 11.9. The third-order valence-electron chi connectivity index (χ3n) is 6.18. The molecule has 1 N–H and O–H groups in total. The van der Waals surface area contributed by atoms with Gasteiger partial charge in [0.05, 0.1) is 12.6 Å². The maximum atomic E-state index is 12.6. The second kappa shape index (κ2) is 15.6. The molecule has 0 spiro atoms. The standard InChI is InChI=1S/C24H43NO4/c1-3-4-5-6-7-8-9-10-11-12-13-16-24(29)25-17-14-15-22(25)23(28)18-21(19-26)20(2)27/h21-22,26H,3-19H2,1-2H3/t21-,22-/m0/s1. The van der Waals surface area contributed by atoms with Gasteiger partial charge in [-0.1, -0.05) is 71.1 Å². The summed E-state index contributed by atoms with van der Waals surface area (Å²) >= 11 is 0. The van der Waals surface area contributed by atoms with Crippen LogP contribution in [-0.4, -0.2) is 46.7 Å². The van der Waals surface area contributed by atoms with E-state index in [1.165, 1.54) is 64.7 Å². The van der Waals surface area contributed by atoms with Gasteiger partial charge in [0.15, 0.2) is 5.78 Å². The second-order valence-electron chi connectivity index (χ2n) is 8.69. The summed E-state index contributed by atoms with van der Waals surface area (Å²) in [5.74, 6) is -0.812. The Hall–Kier alpha value is -1.23. The van der Waals surface area contributed by atoms with E-state index in [4.69, 9.17) is 0 Å². The molecule has 0 aromatic carbocycles. The maximum absolute atomic E-state index is 12.6. The Bertz CT molecular complexity index is 491. The van der Waals surface area contributed by atoms with Crippen molar-refractivity contribution in [1.29, 1.82) is 0 Å². The topological polar surface area (TPSA) is 74.7 Å². The van der Waals surface area contributed by atoms with Crippen LogP contribution in [0.25, 0.3) is 0 Å². The zero-order chi connectivity index (χ0) is 21.5. The number of carbonyl (C=O) groups excluding carboxylic acids is 3. The van der Waals surface area contributed by atoms with Crippen LogP contribution in [0.5, 0.6) is 0 Å². The number of aliphatic hydroxyl groups excluding tert-OH is 1. The molecule has 0 bridgehead atoms. The molecule has 0 aromatic heterocycles. The minimum atomic E-state index is -0.633. The van der Waals surface area contributed by atoms with E-state index in [0.717, 1.165) is 19.3 Å². The SMILES string of the molecule is CCCCCCCCCCCCCC(=O)N1CCC[C@H]1C(=O)C[C@@H](CO)C(C)=O. The Morgan fingerprint density at radius 1 is 0.931 bits per heavy atom. The Balaban J connectivity index is 2.18. The molecule has 1 heterocycles. The normalized spacial score (nSPS) is 17.5. The number of hydrogen-bond donors (Lipinski definition) is 1. The Kier molecular flexibility index (Phi) is 13.9. The largest absolute Gasteiger partial charge is 0.396 e. The molecule has 1 saturated heterocycles. The van der Waals surface area contributed by atoms with Crippen LogP contribution in [0.2, 0.25) is 0 Å². The average Bonchev–Trinajstić information content (AvgIpc) is 3.19. The highest BCUT2D eigenvalue weighted by molar-refractivity contribution is 5.92. The number of hydrogen-bond acceptors (Lipinski definition) is 4. The van der Waals surface area contributed by atoms with Gasteiger partial charge >= 0.3 is 0 Å². The summed E-state index contributed by atoms with van der Waals surface area (Å²) in [6.45, 7) is 3.98. The third-order valence-corrected chi connectivity index (χ3v) is 6.18. The van der Waals surface area contributed by atoms with Crippen molar-refractivity contribution in [3.05, 3.63) is 0 Å². The summed E-state index contributed by atoms with van der Waals surface area (Å²) in [6.07, 6.45) is 15.8. The minimum Gasteiger partial charge on any atom is -0.396 e. The summed E-state index contributed by atoms with van der Waals surface area (Å²) in [7, 11) is 0. The molecule has 1 rings (SSSR count). The molecule has 0 aliphatic carbocycles. The van der Waals surface area contributed by atoms with Gasteiger partial charge in [-0.15, -0.1) is 0 Å². The number of nitrogens with zero attached hydrogens (tertiary/aromatic N) is 1. The van der Waals surface area contributed by atoms with Gasteiger partial charge in [-0.25, -0.2) is 0 Å². The van der Waals surface area contributed by atoms with Crippen molar-refractivity contribution >= 4 is 17.5 Å². The van der Waals surface area contributed by atoms with Crippen LogP contribution in [0.3, 0.4) is 0 Å². The van der Waals surface area contributed by atoms with Crippen LogP contribution < -0.4 is 0 Å². The fourth-order valence-corrected chi connectivity index (χ4v) is 4.20. The molecule has 0 unspecified atom stereocenters. The molecule has 29 heavy (non-hydrogen) atoms. The molecule has 0 radical (unpaired) electrons. The smallest absolute Gasteiger partial charge is 0.223 e. The fourth-order valence-electron chi connectivity index (χ4n) is 4.20. The highest BCUT2D eigenvalue weighted by atomic mass is 16.3. The van der Waals surface area contributed by atoms with Crippen molar-refractivity contribution in [3.8, 4) is 0 Å². The number of amides is 1. The summed E-state index contributed by atoms with van der Waals surface area (Å²) in [5, 5.41) is 9.28. The molecule has 5 nitrogen and oxygen atoms in total. The van der Waals surface area contributed by atoms with Gasteiger partial charge in [-0.05, 0) is 26.2 Å². The molecule has 0 saturated carbocycles. The molecule has 168 valence electrons. The molecule has 1 amide bonds. The van der Waals surface area contributed by atoms with Crippen LogP contribution in [0, 0.1) is 5.92 Å². The molecule has 1 fully saturated rings. The number of rotatable bonds is 17. The molecular formula is C24H43NO4. The number of Topliss-reactive ketones (excluding diaryl/α,β-unsaturated/α-hetero) is 2. The van der Waals surface area contributed by atoms with Gasteiger partial charge in [0, 0.05) is 25.3 Å². The third kappa shape index (κ3) is 10.4. The van der Waals surface area contributed by atoms with Gasteiger partial charge in [0.1, 0.15) is 5.78 Å². The van der Waals surface area contributed by atoms with Crippen LogP contribution in [0.4, 0.5) is 0 Å². The van der Waals surface area contributed by atoms with Crippen LogP contribution >= 0.6 is 0 Å². The second-order valence-corrected chi connectivity index (χ2v) is 8.69. The summed E-state index contributed by atoms with van der Waals surface area (Å²) in [4.78, 5) is 38.3.